The molecule has 1 spiro atoms. The maximum Gasteiger partial charge on any atom is 0.312 e. The number of benzene rings is 1. The first-order chi connectivity index (χ1) is 11.6. The number of hydrogen-bond acceptors (Lipinski definition) is 5. The molecule has 3 aliphatic heterocycles. The van der Waals surface area contributed by atoms with Gasteiger partial charge in [-0.05, 0) is 31.2 Å². The van der Waals surface area contributed by atoms with E-state index in [0.717, 1.165) is 11.4 Å². The molecule has 0 saturated carbocycles. The Bertz CT molecular complexity index is 713. The van der Waals surface area contributed by atoms with E-state index in [2.05, 4.69) is 0 Å². The van der Waals surface area contributed by atoms with Crippen LogP contribution in [0.5, 0.6) is 5.75 Å². The summed E-state index contributed by atoms with van der Waals surface area (Å²) in [5.74, 6) is -0.807. The molecule has 0 aromatic heterocycles. The van der Waals surface area contributed by atoms with Gasteiger partial charge in [0.25, 0.3) is 0 Å². The second kappa shape index (κ2) is 5.34. The zero-order valence-electron chi connectivity index (χ0n) is 13.6. The van der Waals surface area contributed by atoms with Crippen LogP contribution >= 0.6 is 0 Å². The number of carbonyl (C=O) groups is 2. The molecule has 0 N–H and O–H groups in total. The standard InChI is InChI=1S/C18H19NO5/c1-3-23-17(21)14-13-8-9-18(24-13)10-19(16(20)15(14)18)11-4-6-12(22-2)7-5-11/h4-9,13-15H,3,10H2,1-2H3/t13-,14+,15-,18-/m0/s1. The zero-order valence-corrected chi connectivity index (χ0v) is 13.6. The van der Waals surface area contributed by atoms with Crippen molar-refractivity contribution >= 4 is 17.6 Å². The van der Waals surface area contributed by atoms with Crippen LogP contribution < -0.4 is 9.64 Å². The minimum Gasteiger partial charge on any atom is -0.497 e. The Labute approximate surface area is 140 Å². The topological polar surface area (TPSA) is 65.1 Å². The third-order valence-corrected chi connectivity index (χ3v) is 5.04. The highest BCUT2D eigenvalue weighted by atomic mass is 16.6. The fraction of sp³-hybridized carbons (Fsp3) is 0.444. The van der Waals surface area contributed by atoms with E-state index < -0.39 is 17.4 Å². The molecule has 24 heavy (non-hydrogen) atoms. The molecule has 0 aliphatic carbocycles. The highest BCUT2D eigenvalue weighted by Crippen LogP contribution is 2.52. The van der Waals surface area contributed by atoms with Crippen molar-refractivity contribution in [2.45, 2.75) is 18.6 Å². The van der Waals surface area contributed by atoms with Crippen LogP contribution in [0.15, 0.2) is 36.4 Å². The maximum absolute atomic E-state index is 13.0. The smallest absolute Gasteiger partial charge is 0.312 e. The normalized spacial score (nSPS) is 33.0. The van der Waals surface area contributed by atoms with Gasteiger partial charge in [0, 0.05) is 5.69 Å². The van der Waals surface area contributed by atoms with E-state index in [0.29, 0.717) is 13.2 Å². The van der Waals surface area contributed by atoms with Gasteiger partial charge in [-0.2, -0.15) is 0 Å². The van der Waals surface area contributed by atoms with Crippen molar-refractivity contribution < 1.29 is 23.8 Å². The number of fused-ring (bicyclic) bond motifs is 1. The van der Waals surface area contributed by atoms with Gasteiger partial charge in [-0.3, -0.25) is 9.59 Å². The minimum absolute atomic E-state index is 0.0925. The lowest BCUT2D eigenvalue weighted by Gasteiger charge is -2.22. The number of methoxy groups -OCH3 is 1. The lowest BCUT2D eigenvalue weighted by Crippen LogP contribution is -2.40. The molecule has 4 atom stereocenters. The molecule has 2 fully saturated rings. The molecule has 2 bridgehead atoms. The second-order valence-electron chi connectivity index (χ2n) is 6.27. The van der Waals surface area contributed by atoms with Gasteiger partial charge in [0.2, 0.25) is 5.91 Å². The molecule has 0 radical (unpaired) electrons. The molecule has 126 valence electrons. The molecule has 4 rings (SSSR count). The van der Waals surface area contributed by atoms with E-state index >= 15 is 0 Å². The number of anilines is 1. The van der Waals surface area contributed by atoms with Crippen molar-refractivity contribution in [3.05, 3.63) is 36.4 Å². The number of ether oxygens (including phenoxy) is 3. The quantitative estimate of drug-likeness (QED) is 0.619. The summed E-state index contributed by atoms with van der Waals surface area (Å²) in [4.78, 5) is 27.0. The Morgan fingerprint density at radius 3 is 2.79 bits per heavy atom. The summed E-state index contributed by atoms with van der Waals surface area (Å²) in [5.41, 5.74) is 0.0478. The first kappa shape index (κ1) is 15.2. The first-order valence-electron chi connectivity index (χ1n) is 8.09. The average Bonchev–Trinajstić information content (AvgIpc) is 3.23. The fourth-order valence-electron chi connectivity index (χ4n) is 3.99. The Kier molecular flexibility index (Phi) is 3.38. The van der Waals surface area contributed by atoms with Crippen LogP contribution in [0.3, 0.4) is 0 Å². The largest absolute Gasteiger partial charge is 0.497 e. The number of esters is 1. The van der Waals surface area contributed by atoms with Gasteiger partial charge in [-0.15, -0.1) is 0 Å². The van der Waals surface area contributed by atoms with E-state index in [1.807, 2.05) is 36.4 Å². The Hall–Kier alpha value is -2.34. The van der Waals surface area contributed by atoms with Crippen molar-refractivity contribution in [3.63, 3.8) is 0 Å². The fourth-order valence-corrected chi connectivity index (χ4v) is 3.99. The zero-order chi connectivity index (χ0) is 16.9. The summed E-state index contributed by atoms with van der Waals surface area (Å²) >= 11 is 0. The van der Waals surface area contributed by atoms with Gasteiger partial charge in [0.1, 0.15) is 17.3 Å². The molecular weight excluding hydrogens is 310 g/mol. The molecular formula is C18H19NO5. The monoisotopic (exact) mass is 329 g/mol. The Balaban J connectivity index is 1.65. The molecule has 3 aliphatic rings. The summed E-state index contributed by atoms with van der Waals surface area (Å²) < 4.78 is 16.4. The summed E-state index contributed by atoms with van der Waals surface area (Å²) in [7, 11) is 1.60. The molecule has 1 aromatic rings. The predicted molar refractivity (Wildman–Crippen MR) is 85.7 cm³/mol. The molecule has 1 aromatic carbocycles. The lowest BCUT2D eigenvalue weighted by atomic mass is 9.77. The third kappa shape index (κ3) is 1.99. The van der Waals surface area contributed by atoms with Crippen molar-refractivity contribution in [1.29, 1.82) is 0 Å². The summed E-state index contributed by atoms with van der Waals surface area (Å²) in [6.45, 7) is 2.46. The van der Waals surface area contributed by atoms with Gasteiger partial charge in [-0.1, -0.05) is 12.2 Å². The number of amides is 1. The first-order valence-corrected chi connectivity index (χ1v) is 8.09. The maximum atomic E-state index is 13.0. The number of rotatable bonds is 4. The van der Waals surface area contributed by atoms with E-state index in [1.54, 1.807) is 18.9 Å². The summed E-state index contributed by atoms with van der Waals surface area (Å²) in [6.07, 6.45) is 3.44. The van der Waals surface area contributed by atoms with Crippen molar-refractivity contribution in [3.8, 4) is 5.75 Å². The van der Waals surface area contributed by atoms with Crippen LogP contribution in [0, 0.1) is 11.8 Å². The number of hydrogen-bond donors (Lipinski definition) is 0. The van der Waals surface area contributed by atoms with Crippen molar-refractivity contribution in [1.82, 2.24) is 0 Å². The lowest BCUT2D eigenvalue weighted by molar-refractivity contribution is -0.151. The average molecular weight is 329 g/mol. The van der Waals surface area contributed by atoms with Crippen LogP contribution in [0.25, 0.3) is 0 Å². The second-order valence-corrected chi connectivity index (χ2v) is 6.27. The molecule has 2 saturated heterocycles. The molecule has 3 heterocycles. The Morgan fingerprint density at radius 1 is 1.38 bits per heavy atom. The van der Waals surface area contributed by atoms with Gasteiger partial charge < -0.3 is 19.1 Å². The molecule has 0 unspecified atom stereocenters. The van der Waals surface area contributed by atoms with Gasteiger partial charge in [0.05, 0.1) is 32.3 Å². The molecule has 1 amide bonds. The van der Waals surface area contributed by atoms with Gasteiger partial charge in [-0.25, -0.2) is 0 Å². The van der Waals surface area contributed by atoms with Gasteiger partial charge >= 0.3 is 5.97 Å². The third-order valence-electron chi connectivity index (χ3n) is 5.04. The van der Waals surface area contributed by atoms with Crippen LogP contribution in [0.2, 0.25) is 0 Å². The summed E-state index contributed by atoms with van der Waals surface area (Å²) in [6, 6.07) is 7.30. The van der Waals surface area contributed by atoms with Crippen LogP contribution in [0.4, 0.5) is 5.69 Å². The molecule has 6 heteroatoms. The number of nitrogens with zero attached hydrogens (tertiary/aromatic N) is 1. The minimum atomic E-state index is -0.723. The van der Waals surface area contributed by atoms with E-state index in [-0.39, 0.29) is 18.0 Å². The van der Waals surface area contributed by atoms with Crippen LogP contribution in [-0.2, 0) is 19.1 Å². The SMILES string of the molecule is CCOC(=O)[C@@H]1[C@@H]2C=C[C@@]3(CN(c4ccc(OC)cc4)C(=O)[C@H]13)O2. The molecule has 6 nitrogen and oxygen atoms in total. The Morgan fingerprint density at radius 2 is 2.12 bits per heavy atom. The van der Waals surface area contributed by atoms with Crippen LogP contribution in [0.1, 0.15) is 6.92 Å². The van der Waals surface area contributed by atoms with E-state index in [1.165, 1.54) is 0 Å². The highest BCUT2D eigenvalue weighted by molar-refractivity contribution is 6.02. The number of carbonyl (C=O) groups excluding carboxylic acids is 2. The van der Waals surface area contributed by atoms with Crippen molar-refractivity contribution in [2.75, 3.05) is 25.2 Å². The van der Waals surface area contributed by atoms with Crippen LogP contribution in [-0.4, -0.2) is 43.8 Å². The summed E-state index contributed by atoms with van der Waals surface area (Å²) in [5, 5.41) is 0. The van der Waals surface area contributed by atoms with E-state index in [9.17, 15) is 9.59 Å². The van der Waals surface area contributed by atoms with Gasteiger partial charge in [0.15, 0.2) is 0 Å². The predicted octanol–water partition coefficient (Wildman–Crippen LogP) is 1.54. The van der Waals surface area contributed by atoms with E-state index in [4.69, 9.17) is 14.2 Å². The van der Waals surface area contributed by atoms with Crippen molar-refractivity contribution in [2.24, 2.45) is 11.8 Å². The highest BCUT2D eigenvalue weighted by Gasteiger charge is 2.67.